The first-order valence-corrected chi connectivity index (χ1v) is 7.68. The summed E-state index contributed by atoms with van der Waals surface area (Å²) in [4.78, 5) is 14.7. The van der Waals surface area contributed by atoms with Crippen LogP contribution in [0, 0.1) is 12.2 Å². The topological polar surface area (TPSA) is 78.4 Å². The predicted molar refractivity (Wildman–Crippen MR) is 90.6 cm³/mol. The molecule has 0 aliphatic carbocycles. The van der Waals surface area contributed by atoms with Crippen molar-refractivity contribution >= 4 is 17.5 Å². The Labute approximate surface area is 148 Å². The number of benzene rings is 2. The largest absolute Gasteiger partial charge is 0.453 e. The monoisotopic (exact) mass is 359 g/mol. The molecule has 3 aromatic rings. The summed E-state index contributed by atoms with van der Waals surface area (Å²) in [5, 5.41) is 0.119. The first kappa shape index (κ1) is 17.0. The molecule has 3 rings (SSSR count). The van der Waals surface area contributed by atoms with Crippen LogP contribution in [0.2, 0.25) is 5.02 Å². The first-order chi connectivity index (χ1) is 12.0. The number of aromatic nitrogens is 1. The van der Waals surface area contributed by atoms with Crippen LogP contribution in [0.4, 0.5) is 4.39 Å². The van der Waals surface area contributed by atoms with Crippen LogP contribution in [-0.4, -0.2) is 10.9 Å². The van der Waals surface area contributed by atoms with Gasteiger partial charge in [0, 0.05) is 18.4 Å². The van der Waals surface area contributed by atoms with Crippen molar-refractivity contribution in [1.29, 1.82) is 0 Å². The SMILES string of the molecule is NC(=O)C[CH]c1ccc(Cl)c(Oc2ccc(-c3cnco3)cc2)c1F. The highest BCUT2D eigenvalue weighted by Gasteiger charge is 2.16. The summed E-state index contributed by atoms with van der Waals surface area (Å²) < 4.78 is 25.3. The number of rotatable bonds is 6. The van der Waals surface area contributed by atoms with Crippen LogP contribution in [0.3, 0.4) is 0 Å². The molecule has 1 radical (unpaired) electrons. The van der Waals surface area contributed by atoms with Crippen LogP contribution >= 0.6 is 11.6 Å². The lowest BCUT2D eigenvalue weighted by Crippen LogP contribution is -2.10. The number of carbonyl (C=O) groups is 1. The van der Waals surface area contributed by atoms with Gasteiger partial charge in [0.05, 0.1) is 11.2 Å². The Morgan fingerprint density at radius 1 is 1.28 bits per heavy atom. The second-order valence-electron chi connectivity index (χ2n) is 5.15. The molecule has 0 fully saturated rings. The second-order valence-corrected chi connectivity index (χ2v) is 5.55. The number of nitrogens with two attached hydrogens (primary N) is 1. The van der Waals surface area contributed by atoms with Gasteiger partial charge in [-0.15, -0.1) is 0 Å². The molecule has 25 heavy (non-hydrogen) atoms. The van der Waals surface area contributed by atoms with Gasteiger partial charge in [-0.25, -0.2) is 9.37 Å². The third kappa shape index (κ3) is 3.97. The Balaban J connectivity index is 1.82. The van der Waals surface area contributed by atoms with E-state index in [2.05, 4.69) is 4.98 Å². The number of hydrogen-bond acceptors (Lipinski definition) is 4. The zero-order chi connectivity index (χ0) is 17.8. The number of oxazole rings is 1. The highest BCUT2D eigenvalue weighted by molar-refractivity contribution is 6.32. The van der Waals surface area contributed by atoms with Crippen molar-refractivity contribution in [2.75, 3.05) is 0 Å². The molecule has 0 aliphatic rings. The standard InChI is InChI=1S/C18H13ClFN2O3/c19-14-7-3-12(4-8-16(21)23)17(20)18(14)25-13-5-1-11(2-6-13)15-9-22-10-24-15/h1-7,9-10H,8H2,(H2,21,23). The summed E-state index contributed by atoms with van der Waals surface area (Å²) >= 11 is 6.03. The summed E-state index contributed by atoms with van der Waals surface area (Å²) in [6, 6.07) is 9.78. The van der Waals surface area contributed by atoms with E-state index in [1.165, 1.54) is 24.9 Å². The number of ether oxygens (including phenoxy) is 1. The van der Waals surface area contributed by atoms with Gasteiger partial charge in [0.1, 0.15) is 5.75 Å². The molecule has 7 heteroatoms. The third-order valence-electron chi connectivity index (χ3n) is 3.39. The van der Waals surface area contributed by atoms with E-state index in [1.54, 1.807) is 30.5 Å². The zero-order valence-electron chi connectivity index (χ0n) is 12.9. The zero-order valence-corrected chi connectivity index (χ0v) is 13.7. The molecule has 0 aliphatic heterocycles. The molecule has 2 N–H and O–H groups in total. The van der Waals surface area contributed by atoms with Crippen molar-refractivity contribution in [2.45, 2.75) is 6.42 Å². The van der Waals surface area contributed by atoms with E-state index in [0.717, 1.165) is 5.56 Å². The number of halogens is 2. The van der Waals surface area contributed by atoms with Crippen LogP contribution in [0.15, 0.2) is 53.4 Å². The van der Waals surface area contributed by atoms with E-state index in [4.69, 9.17) is 26.5 Å². The van der Waals surface area contributed by atoms with Gasteiger partial charge in [0.25, 0.3) is 0 Å². The van der Waals surface area contributed by atoms with Gasteiger partial charge >= 0.3 is 0 Å². The lowest BCUT2D eigenvalue weighted by atomic mass is 10.1. The molecule has 1 amide bonds. The molecular weight excluding hydrogens is 347 g/mol. The van der Waals surface area contributed by atoms with Crippen LogP contribution in [-0.2, 0) is 4.79 Å². The Kier molecular flexibility index (Phi) is 5.00. The number of amides is 1. The summed E-state index contributed by atoms with van der Waals surface area (Å²) in [6.45, 7) is 0. The molecule has 0 saturated carbocycles. The normalized spacial score (nSPS) is 10.6. The van der Waals surface area contributed by atoms with Gasteiger partial charge < -0.3 is 14.9 Å². The third-order valence-corrected chi connectivity index (χ3v) is 3.69. The van der Waals surface area contributed by atoms with E-state index in [0.29, 0.717) is 11.5 Å². The summed E-state index contributed by atoms with van der Waals surface area (Å²) in [7, 11) is 0. The lowest BCUT2D eigenvalue weighted by molar-refractivity contribution is -0.117. The first-order valence-electron chi connectivity index (χ1n) is 7.31. The van der Waals surface area contributed by atoms with Crippen molar-refractivity contribution in [3.05, 3.63) is 71.8 Å². The Morgan fingerprint density at radius 3 is 2.68 bits per heavy atom. The fraction of sp³-hybridized carbons (Fsp3) is 0.0556. The van der Waals surface area contributed by atoms with Crippen LogP contribution < -0.4 is 10.5 Å². The van der Waals surface area contributed by atoms with Gasteiger partial charge in [0.2, 0.25) is 5.91 Å². The van der Waals surface area contributed by atoms with Crippen molar-refractivity contribution < 1.29 is 18.3 Å². The maximum absolute atomic E-state index is 14.6. The molecule has 1 heterocycles. The van der Waals surface area contributed by atoms with Crippen molar-refractivity contribution in [1.82, 2.24) is 4.98 Å². The molecule has 0 atom stereocenters. The fourth-order valence-corrected chi connectivity index (χ4v) is 2.36. The smallest absolute Gasteiger partial charge is 0.218 e. The number of hydrogen-bond donors (Lipinski definition) is 1. The van der Waals surface area contributed by atoms with Crippen molar-refractivity contribution in [3.8, 4) is 22.8 Å². The van der Waals surface area contributed by atoms with Crippen molar-refractivity contribution in [3.63, 3.8) is 0 Å². The summed E-state index contributed by atoms with van der Waals surface area (Å²) in [6.07, 6.45) is 4.23. The van der Waals surface area contributed by atoms with E-state index in [1.807, 2.05) is 0 Å². The molecule has 5 nitrogen and oxygen atoms in total. The lowest BCUT2D eigenvalue weighted by Gasteiger charge is -2.11. The minimum atomic E-state index is -0.659. The minimum absolute atomic E-state index is 0.0795. The Hall–Kier alpha value is -2.86. The molecule has 1 aromatic heterocycles. The maximum atomic E-state index is 14.6. The van der Waals surface area contributed by atoms with Crippen molar-refractivity contribution in [2.24, 2.45) is 5.73 Å². The Bertz CT molecular complexity index is 880. The van der Waals surface area contributed by atoms with Gasteiger partial charge in [0.15, 0.2) is 23.7 Å². The fourth-order valence-electron chi connectivity index (χ4n) is 2.17. The molecular formula is C18H13ClFN2O3. The van der Waals surface area contributed by atoms with Gasteiger partial charge in [-0.1, -0.05) is 17.7 Å². The highest BCUT2D eigenvalue weighted by atomic mass is 35.5. The minimum Gasteiger partial charge on any atom is -0.453 e. The van der Waals surface area contributed by atoms with Crippen LogP contribution in [0.25, 0.3) is 11.3 Å². The quantitative estimate of drug-likeness (QED) is 0.709. The maximum Gasteiger partial charge on any atom is 0.218 e. The van der Waals surface area contributed by atoms with E-state index < -0.39 is 11.7 Å². The number of nitrogens with zero attached hydrogens (tertiary/aromatic N) is 1. The molecule has 2 aromatic carbocycles. The molecule has 0 spiro atoms. The highest BCUT2D eigenvalue weighted by Crippen LogP contribution is 2.35. The average molecular weight is 360 g/mol. The van der Waals surface area contributed by atoms with Crippen LogP contribution in [0.5, 0.6) is 11.5 Å². The summed E-state index contributed by atoms with van der Waals surface area (Å²) in [5.74, 6) is -0.324. The van der Waals surface area contributed by atoms with Gasteiger partial charge in [-0.3, -0.25) is 4.79 Å². The summed E-state index contributed by atoms with van der Waals surface area (Å²) in [5.41, 5.74) is 6.07. The van der Waals surface area contributed by atoms with Crippen LogP contribution in [0.1, 0.15) is 12.0 Å². The van der Waals surface area contributed by atoms with E-state index in [-0.39, 0.29) is 22.8 Å². The molecule has 0 saturated heterocycles. The van der Waals surface area contributed by atoms with E-state index >= 15 is 0 Å². The molecule has 0 bridgehead atoms. The molecule has 0 unspecified atom stereocenters. The number of carbonyl (C=O) groups excluding carboxylic acids is 1. The predicted octanol–water partition coefficient (Wildman–Crippen LogP) is 4.35. The second kappa shape index (κ2) is 7.36. The van der Waals surface area contributed by atoms with Gasteiger partial charge in [-0.2, -0.15) is 0 Å². The van der Waals surface area contributed by atoms with E-state index in [9.17, 15) is 9.18 Å². The number of primary amides is 1. The van der Waals surface area contributed by atoms with Gasteiger partial charge in [-0.05, 0) is 35.9 Å². The average Bonchev–Trinajstić information content (AvgIpc) is 3.13. The Morgan fingerprint density at radius 2 is 2.04 bits per heavy atom. The molecule has 127 valence electrons.